The average Bonchev–Trinajstić information content (AvgIpc) is 3.22. The summed E-state index contributed by atoms with van der Waals surface area (Å²) in [4.78, 5) is 24.0. The molecule has 1 aromatic heterocycles. The van der Waals surface area contributed by atoms with Crippen molar-refractivity contribution in [1.29, 1.82) is 5.26 Å². The third kappa shape index (κ3) is 4.96. The summed E-state index contributed by atoms with van der Waals surface area (Å²) in [6.45, 7) is -0.216. The topological polar surface area (TPSA) is 104 Å². The summed E-state index contributed by atoms with van der Waals surface area (Å²) in [7, 11) is 0. The summed E-state index contributed by atoms with van der Waals surface area (Å²) in [5.74, 6) is -0.129. The molecule has 7 nitrogen and oxygen atoms in total. The van der Waals surface area contributed by atoms with Gasteiger partial charge in [-0.1, -0.05) is 12.1 Å². The van der Waals surface area contributed by atoms with E-state index in [1.165, 1.54) is 6.26 Å². The Morgan fingerprint density at radius 2 is 1.78 bits per heavy atom. The summed E-state index contributed by atoms with van der Waals surface area (Å²) >= 11 is 0. The molecule has 0 saturated carbocycles. The zero-order valence-electron chi connectivity index (χ0n) is 14.1. The van der Waals surface area contributed by atoms with E-state index < -0.39 is 0 Å². The maximum Gasteiger partial charge on any atom is 0.291 e. The van der Waals surface area contributed by atoms with Gasteiger partial charge in [0.05, 0.1) is 17.9 Å². The Kier molecular flexibility index (Phi) is 5.50. The van der Waals surface area contributed by atoms with Gasteiger partial charge in [-0.2, -0.15) is 5.26 Å². The number of nitriles is 1. The number of rotatable bonds is 6. The van der Waals surface area contributed by atoms with Crippen molar-refractivity contribution in [1.82, 2.24) is 0 Å². The molecule has 0 radical (unpaired) electrons. The molecule has 0 aliphatic heterocycles. The molecule has 0 aliphatic rings. The van der Waals surface area contributed by atoms with E-state index >= 15 is 0 Å². The van der Waals surface area contributed by atoms with Crippen molar-refractivity contribution < 1.29 is 18.7 Å². The molecule has 27 heavy (non-hydrogen) atoms. The van der Waals surface area contributed by atoms with Gasteiger partial charge in [0.15, 0.2) is 12.4 Å². The van der Waals surface area contributed by atoms with Crippen molar-refractivity contribution in [3.05, 3.63) is 78.3 Å². The van der Waals surface area contributed by atoms with Gasteiger partial charge in [0, 0.05) is 17.4 Å². The van der Waals surface area contributed by atoms with Crippen molar-refractivity contribution in [3.63, 3.8) is 0 Å². The fourth-order valence-electron chi connectivity index (χ4n) is 2.28. The molecule has 0 atom stereocenters. The van der Waals surface area contributed by atoms with Crippen LogP contribution in [0.3, 0.4) is 0 Å². The van der Waals surface area contributed by atoms with Gasteiger partial charge in [-0.05, 0) is 42.5 Å². The predicted octanol–water partition coefficient (Wildman–Crippen LogP) is 3.42. The number of anilines is 2. The molecule has 2 N–H and O–H groups in total. The maximum absolute atomic E-state index is 12.0. The van der Waals surface area contributed by atoms with E-state index in [1.54, 1.807) is 60.7 Å². The summed E-state index contributed by atoms with van der Waals surface area (Å²) in [6, 6.07) is 18.4. The largest absolute Gasteiger partial charge is 0.484 e. The molecular weight excluding hydrogens is 346 g/mol. The third-order valence-corrected chi connectivity index (χ3v) is 3.48. The quantitative estimate of drug-likeness (QED) is 0.700. The Bertz CT molecular complexity index is 990. The molecule has 2 aromatic carbocycles. The van der Waals surface area contributed by atoms with Crippen LogP contribution in [0, 0.1) is 11.3 Å². The highest BCUT2D eigenvalue weighted by Gasteiger charge is 2.10. The summed E-state index contributed by atoms with van der Waals surface area (Å²) in [6.07, 6.45) is 1.42. The molecule has 0 bridgehead atoms. The number of carbonyl (C=O) groups is 2. The molecule has 7 heteroatoms. The van der Waals surface area contributed by atoms with E-state index in [9.17, 15) is 9.59 Å². The zero-order chi connectivity index (χ0) is 19.1. The predicted molar refractivity (Wildman–Crippen MR) is 98.4 cm³/mol. The van der Waals surface area contributed by atoms with Gasteiger partial charge in [0.2, 0.25) is 0 Å². The fraction of sp³-hybridized carbons (Fsp3) is 0.0500. The van der Waals surface area contributed by atoms with E-state index in [-0.39, 0.29) is 24.2 Å². The number of ether oxygens (including phenoxy) is 1. The van der Waals surface area contributed by atoms with Gasteiger partial charge in [0.25, 0.3) is 11.8 Å². The van der Waals surface area contributed by atoms with Gasteiger partial charge < -0.3 is 19.8 Å². The Morgan fingerprint density at radius 3 is 2.52 bits per heavy atom. The van der Waals surface area contributed by atoms with Gasteiger partial charge >= 0.3 is 0 Å². The molecular formula is C20H15N3O4. The highest BCUT2D eigenvalue weighted by molar-refractivity contribution is 6.02. The normalized spacial score (nSPS) is 9.89. The Labute approximate surface area is 155 Å². The lowest BCUT2D eigenvalue weighted by molar-refractivity contribution is -0.118. The second-order valence-electron chi connectivity index (χ2n) is 5.49. The van der Waals surface area contributed by atoms with Crippen molar-refractivity contribution in [2.24, 2.45) is 0 Å². The summed E-state index contributed by atoms with van der Waals surface area (Å²) < 4.78 is 10.5. The van der Waals surface area contributed by atoms with Gasteiger partial charge in [-0.25, -0.2) is 0 Å². The maximum atomic E-state index is 12.0. The van der Waals surface area contributed by atoms with Crippen molar-refractivity contribution in [2.75, 3.05) is 17.2 Å². The third-order valence-electron chi connectivity index (χ3n) is 3.48. The first-order chi connectivity index (χ1) is 13.1. The number of benzene rings is 2. The number of amides is 2. The fourth-order valence-corrected chi connectivity index (χ4v) is 2.28. The van der Waals surface area contributed by atoms with E-state index in [0.717, 1.165) is 0 Å². The first kappa shape index (κ1) is 17.8. The minimum atomic E-state index is -0.382. The van der Waals surface area contributed by atoms with Crippen LogP contribution in [0.25, 0.3) is 0 Å². The Hall–Kier alpha value is -4.05. The second-order valence-corrected chi connectivity index (χ2v) is 5.49. The Morgan fingerprint density at radius 1 is 1.00 bits per heavy atom. The lowest BCUT2D eigenvalue weighted by atomic mass is 10.2. The van der Waals surface area contributed by atoms with Crippen molar-refractivity contribution in [2.45, 2.75) is 0 Å². The zero-order valence-corrected chi connectivity index (χ0v) is 14.1. The lowest BCUT2D eigenvalue weighted by Gasteiger charge is -2.09. The monoisotopic (exact) mass is 361 g/mol. The van der Waals surface area contributed by atoms with Crippen LogP contribution in [0.4, 0.5) is 11.4 Å². The van der Waals surface area contributed by atoms with Gasteiger partial charge in [-0.15, -0.1) is 0 Å². The first-order valence-corrected chi connectivity index (χ1v) is 8.02. The SMILES string of the molecule is N#Cc1cccc(NC(=O)COc2cccc(NC(=O)c3ccco3)c2)c1. The highest BCUT2D eigenvalue weighted by Crippen LogP contribution is 2.18. The molecule has 0 aliphatic carbocycles. The summed E-state index contributed by atoms with van der Waals surface area (Å²) in [5.41, 5.74) is 1.48. The van der Waals surface area contributed by atoms with E-state index in [4.69, 9.17) is 14.4 Å². The number of hydrogen-bond donors (Lipinski definition) is 2. The number of hydrogen-bond acceptors (Lipinski definition) is 5. The van der Waals surface area contributed by atoms with Crippen LogP contribution in [0.1, 0.15) is 16.1 Å². The molecule has 0 fully saturated rings. The van der Waals surface area contributed by atoms with Crippen molar-refractivity contribution >= 4 is 23.2 Å². The second kappa shape index (κ2) is 8.36. The van der Waals surface area contributed by atoms with E-state index in [2.05, 4.69) is 10.6 Å². The average molecular weight is 361 g/mol. The van der Waals surface area contributed by atoms with Crippen LogP contribution in [0.5, 0.6) is 5.75 Å². The molecule has 0 spiro atoms. The minimum Gasteiger partial charge on any atom is -0.484 e. The summed E-state index contributed by atoms with van der Waals surface area (Å²) in [5, 5.41) is 14.2. The van der Waals surface area contributed by atoms with Crippen LogP contribution in [0.15, 0.2) is 71.3 Å². The van der Waals surface area contributed by atoms with Crippen LogP contribution in [0.2, 0.25) is 0 Å². The van der Waals surface area contributed by atoms with E-state index in [1.807, 2.05) is 6.07 Å². The molecule has 0 unspecified atom stereocenters. The first-order valence-electron chi connectivity index (χ1n) is 8.02. The molecule has 1 heterocycles. The highest BCUT2D eigenvalue weighted by atomic mass is 16.5. The Balaban J connectivity index is 1.55. The van der Waals surface area contributed by atoms with Crippen LogP contribution < -0.4 is 15.4 Å². The number of nitrogens with zero attached hydrogens (tertiary/aromatic N) is 1. The van der Waals surface area contributed by atoms with Crippen LogP contribution in [-0.4, -0.2) is 18.4 Å². The molecule has 2 amide bonds. The number of carbonyl (C=O) groups excluding carboxylic acids is 2. The van der Waals surface area contributed by atoms with Gasteiger partial charge in [-0.3, -0.25) is 9.59 Å². The van der Waals surface area contributed by atoms with Crippen LogP contribution >= 0.6 is 0 Å². The minimum absolute atomic E-state index is 0.195. The van der Waals surface area contributed by atoms with Crippen LogP contribution in [-0.2, 0) is 4.79 Å². The number of furan rings is 1. The molecule has 134 valence electrons. The van der Waals surface area contributed by atoms with Gasteiger partial charge in [0.1, 0.15) is 5.75 Å². The standard InChI is InChI=1S/C20H15N3O4/c21-12-14-4-1-5-15(10-14)22-19(24)13-27-17-7-2-6-16(11-17)23-20(25)18-8-3-9-26-18/h1-11H,13H2,(H,22,24)(H,23,25). The van der Waals surface area contributed by atoms with E-state index in [0.29, 0.717) is 22.7 Å². The number of nitrogens with one attached hydrogen (secondary N) is 2. The molecule has 0 saturated heterocycles. The lowest BCUT2D eigenvalue weighted by Crippen LogP contribution is -2.20. The smallest absolute Gasteiger partial charge is 0.291 e. The molecule has 3 rings (SSSR count). The molecule has 3 aromatic rings. The van der Waals surface area contributed by atoms with Crippen molar-refractivity contribution in [3.8, 4) is 11.8 Å².